The van der Waals surface area contributed by atoms with E-state index in [9.17, 15) is 23.3 Å². The predicted molar refractivity (Wildman–Crippen MR) is 74.6 cm³/mol. The van der Waals surface area contributed by atoms with Gasteiger partial charge in [-0.25, -0.2) is 4.98 Å². The largest absolute Gasteiger partial charge is 0.441 e. The molecule has 7 nitrogen and oxygen atoms in total. The molecule has 118 valence electrons. The Balaban J connectivity index is 2.84. The fourth-order valence-electron chi connectivity index (χ4n) is 1.48. The van der Waals surface area contributed by atoms with E-state index in [1.54, 1.807) is 6.92 Å². The van der Waals surface area contributed by atoms with Crippen LogP contribution in [0.1, 0.15) is 12.6 Å². The Labute approximate surface area is 122 Å². The van der Waals surface area contributed by atoms with Gasteiger partial charge in [0.2, 0.25) is 11.8 Å². The standard InChI is InChI=1S/C10H14F3N5O2S/c1-3-14-9-16-6(2)7(18(19)20)8(17-9)15-4-5-21-10(11,12)13/h3-5H2,1-2H3,(H2,14,15,16,17). The van der Waals surface area contributed by atoms with E-state index < -0.39 is 10.4 Å². The lowest BCUT2D eigenvalue weighted by molar-refractivity contribution is -0.385. The van der Waals surface area contributed by atoms with Gasteiger partial charge in [0.1, 0.15) is 5.69 Å². The predicted octanol–water partition coefficient (Wildman–Crippen LogP) is 2.79. The summed E-state index contributed by atoms with van der Waals surface area (Å²) in [5, 5.41) is 16.3. The maximum absolute atomic E-state index is 12.0. The summed E-state index contributed by atoms with van der Waals surface area (Å²) in [4.78, 5) is 18.2. The van der Waals surface area contributed by atoms with Gasteiger partial charge in [0.05, 0.1) is 4.92 Å². The fourth-order valence-corrected chi connectivity index (χ4v) is 1.92. The molecule has 0 aliphatic carbocycles. The van der Waals surface area contributed by atoms with Gasteiger partial charge in [-0.2, -0.15) is 18.2 Å². The quantitative estimate of drug-likeness (QED) is 0.452. The number of thioether (sulfide) groups is 1. The Morgan fingerprint density at radius 1 is 1.33 bits per heavy atom. The molecule has 1 aromatic rings. The molecule has 1 heterocycles. The summed E-state index contributed by atoms with van der Waals surface area (Å²) in [6, 6.07) is 0. The molecule has 0 bridgehead atoms. The number of rotatable bonds is 7. The van der Waals surface area contributed by atoms with Gasteiger partial charge in [0, 0.05) is 18.8 Å². The van der Waals surface area contributed by atoms with Crippen LogP contribution in [-0.2, 0) is 0 Å². The second kappa shape index (κ2) is 7.29. The maximum Gasteiger partial charge on any atom is 0.441 e. The van der Waals surface area contributed by atoms with Gasteiger partial charge in [-0.3, -0.25) is 10.1 Å². The first-order valence-electron chi connectivity index (χ1n) is 5.96. The van der Waals surface area contributed by atoms with Gasteiger partial charge < -0.3 is 10.6 Å². The van der Waals surface area contributed by atoms with E-state index in [1.165, 1.54) is 6.92 Å². The van der Waals surface area contributed by atoms with Crippen molar-refractivity contribution in [1.29, 1.82) is 0 Å². The van der Waals surface area contributed by atoms with Crippen LogP contribution in [0.4, 0.5) is 30.6 Å². The minimum atomic E-state index is -4.33. The lowest BCUT2D eigenvalue weighted by atomic mass is 10.3. The van der Waals surface area contributed by atoms with Gasteiger partial charge in [-0.1, -0.05) is 0 Å². The van der Waals surface area contributed by atoms with Crippen LogP contribution in [0.2, 0.25) is 0 Å². The first-order valence-corrected chi connectivity index (χ1v) is 6.94. The third kappa shape index (κ3) is 5.61. The highest BCUT2D eigenvalue weighted by molar-refractivity contribution is 8.00. The average Bonchev–Trinajstić information content (AvgIpc) is 2.33. The highest BCUT2D eigenvalue weighted by Crippen LogP contribution is 2.30. The van der Waals surface area contributed by atoms with Gasteiger partial charge in [0.15, 0.2) is 0 Å². The maximum atomic E-state index is 12.0. The molecule has 0 aromatic carbocycles. The Bertz CT molecular complexity index is 512. The molecule has 1 aromatic heterocycles. The van der Waals surface area contributed by atoms with Crippen LogP contribution in [0.3, 0.4) is 0 Å². The number of hydrogen-bond acceptors (Lipinski definition) is 7. The molecule has 0 spiro atoms. The molecule has 21 heavy (non-hydrogen) atoms. The zero-order chi connectivity index (χ0) is 16.0. The lowest BCUT2D eigenvalue weighted by Crippen LogP contribution is -2.14. The number of alkyl halides is 3. The molecule has 0 unspecified atom stereocenters. The van der Waals surface area contributed by atoms with Gasteiger partial charge in [0.25, 0.3) is 0 Å². The zero-order valence-electron chi connectivity index (χ0n) is 11.3. The summed E-state index contributed by atoms with van der Waals surface area (Å²) in [7, 11) is 0. The van der Waals surface area contributed by atoms with Crippen LogP contribution in [0.5, 0.6) is 0 Å². The van der Waals surface area contributed by atoms with Crippen molar-refractivity contribution in [2.45, 2.75) is 19.4 Å². The van der Waals surface area contributed by atoms with Crippen molar-refractivity contribution in [3.8, 4) is 0 Å². The second-order valence-electron chi connectivity index (χ2n) is 3.84. The minimum Gasteiger partial charge on any atom is -0.363 e. The van der Waals surface area contributed by atoms with Crippen molar-refractivity contribution in [3.63, 3.8) is 0 Å². The number of halogens is 3. The zero-order valence-corrected chi connectivity index (χ0v) is 12.1. The summed E-state index contributed by atoms with van der Waals surface area (Å²) in [5.74, 6) is -0.182. The summed E-state index contributed by atoms with van der Waals surface area (Å²) < 4.78 is 36.0. The first kappa shape index (κ1) is 17.3. The number of aryl methyl sites for hydroxylation is 1. The van der Waals surface area contributed by atoms with Crippen molar-refractivity contribution in [1.82, 2.24) is 9.97 Å². The van der Waals surface area contributed by atoms with E-state index in [0.717, 1.165) is 0 Å². The first-order chi connectivity index (χ1) is 9.74. The van der Waals surface area contributed by atoms with Crippen LogP contribution in [0, 0.1) is 17.0 Å². The van der Waals surface area contributed by atoms with Crippen LogP contribution in [-0.4, -0.2) is 39.2 Å². The van der Waals surface area contributed by atoms with Crippen molar-refractivity contribution < 1.29 is 18.1 Å². The molecular formula is C10H14F3N5O2S. The average molecular weight is 325 g/mol. The molecule has 0 saturated heterocycles. The summed E-state index contributed by atoms with van der Waals surface area (Å²) in [6.45, 7) is 3.65. The van der Waals surface area contributed by atoms with E-state index in [-0.39, 0.29) is 47.2 Å². The van der Waals surface area contributed by atoms with Gasteiger partial charge in [-0.15, -0.1) is 0 Å². The van der Waals surface area contributed by atoms with E-state index in [4.69, 9.17) is 0 Å². The SMILES string of the molecule is CCNc1nc(C)c([N+](=O)[O-])c(NCCSC(F)(F)F)n1. The third-order valence-corrected chi connectivity index (χ3v) is 2.97. The van der Waals surface area contributed by atoms with Gasteiger partial charge in [-0.05, 0) is 25.6 Å². The minimum absolute atomic E-state index is 0.0915. The van der Waals surface area contributed by atoms with Crippen LogP contribution in [0.15, 0.2) is 0 Å². The molecule has 2 N–H and O–H groups in total. The number of aromatic nitrogens is 2. The lowest BCUT2D eigenvalue weighted by Gasteiger charge is -2.10. The van der Waals surface area contributed by atoms with Crippen molar-refractivity contribution in [3.05, 3.63) is 15.8 Å². The van der Waals surface area contributed by atoms with Crippen molar-refractivity contribution >= 4 is 29.2 Å². The van der Waals surface area contributed by atoms with Crippen molar-refractivity contribution in [2.75, 3.05) is 29.5 Å². The Kier molecular flexibility index (Phi) is 6.00. The number of anilines is 2. The summed E-state index contributed by atoms with van der Waals surface area (Å²) in [6.07, 6.45) is 0. The van der Waals surface area contributed by atoms with Gasteiger partial charge >= 0.3 is 11.2 Å². The fraction of sp³-hybridized carbons (Fsp3) is 0.600. The third-order valence-electron chi connectivity index (χ3n) is 2.24. The van der Waals surface area contributed by atoms with E-state index in [2.05, 4.69) is 20.6 Å². The number of nitrogens with one attached hydrogen (secondary N) is 2. The number of hydrogen-bond donors (Lipinski definition) is 2. The van der Waals surface area contributed by atoms with Crippen LogP contribution in [0.25, 0.3) is 0 Å². The Morgan fingerprint density at radius 2 is 2.00 bits per heavy atom. The van der Waals surface area contributed by atoms with Crippen LogP contribution < -0.4 is 10.6 Å². The molecular weight excluding hydrogens is 311 g/mol. The highest BCUT2D eigenvalue weighted by Gasteiger charge is 2.28. The molecule has 0 radical (unpaired) electrons. The normalized spacial score (nSPS) is 11.3. The van der Waals surface area contributed by atoms with E-state index in [0.29, 0.717) is 6.54 Å². The topological polar surface area (TPSA) is 93.0 Å². The van der Waals surface area contributed by atoms with Crippen molar-refractivity contribution in [2.24, 2.45) is 0 Å². The smallest absolute Gasteiger partial charge is 0.363 e. The molecule has 0 atom stereocenters. The molecule has 11 heteroatoms. The number of nitro groups is 1. The Morgan fingerprint density at radius 3 is 2.52 bits per heavy atom. The van der Waals surface area contributed by atoms with Crippen LogP contribution >= 0.6 is 11.8 Å². The molecule has 0 fully saturated rings. The number of nitrogens with zero attached hydrogens (tertiary/aromatic N) is 3. The van der Waals surface area contributed by atoms with E-state index >= 15 is 0 Å². The highest BCUT2D eigenvalue weighted by atomic mass is 32.2. The molecule has 0 saturated carbocycles. The Hall–Kier alpha value is -1.78. The molecule has 0 aliphatic heterocycles. The monoisotopic (exact) mass is 325 g/mol. The summed E-state index contributed by atoms with van der Waals surface area (Å²) in [5.41, 5.74) is -4.53. The summed E-state index contributed by atoms with van der Waals surface area (Å²) >= 11 is -0.206. The molecule has 0 amide bonds. The van der Waals surface area contributed by atoms with E-state index in [1.807, 2.05) is 0 Å². The molecule has 1 rings (SSSR count). The second-order valence-corrected chi connectivity index (χ2v) is 5.00. The molecule has 0 aliphatic rings.